The molecule has 0 amide bonds. The van der Waals surface area contributed by atoms with Crippen LogP contribution in [-0.2, 0) is 5.54 Å². The smallest absolute Gasteiger partial charge is 0.356 e. The lowest BCUT2D eigenvalue weighted by Crippen LogP contribution is -2.24. The van der Waals surface area contributed by atoms with Crippen molar-refractivity contribution in [3.05, 3.63) is 11.8 Å². The van der Waals surface area contributed by atoms with Crippen LogP contribution in [0.5, 0.6) is 5.88 Å². The summed E-state index contributed by atoms with van der Waals surface area (Å²) in [6.45, 7) is 5.77. The molecule has 1 heterocycles. The number of rotatable bonds is 2. The van der Waals surface area contributed by atoms with Crippen LogP contribution in [0.15, 0.2) is 6.07 Å². The van der Waals surface area contributed by atoms with Crippen LogP contribution in [-0.4, -0.2) is 28.0 Å². The standard InChI is InChI=1S/C9H14N2O3/c1-9(2,3)11-7(14-4)5-6(10-11)8(12)13/h5H,1-4H3,(H,12,13). The first-order valence-corrected chi connectivity index (χ1v) is 4.24. The Bertz CT molecular complexity index is 349. The highest BCUT2D eigenvalue weighted by Gasteiger charge is 2.22. The summed E-state index contributed by atoms with van der Waals surface area (Å²) in [5.74, 6) is -0.596. The molecule has 0 saturated carbocycles. The zero-order chi connectivity index (χ0) is 10.9. The van der Waals surface area contributed by atoms with Crippen LogP contribution in [0.4, 0.5) is 0 Å². The van der Waals surface area contributed by atoms with Crippen LogP contribution >= 0.6 is 0 Å². The van der Waals surface area contributed by atoms with Crippen LogP contribution in [0.3, 0.4) is 0 Å². The van der Waals surface area contributed by atoms with Gasteiger partial charge in [0.2, 0.25) is 5.88 Å². The molecule has 0 aliphatic carbocycles. The molecular formula is C9H14N2O3. The molecule has 1 aromatic rings. The third-order valence-electron chi connectivity index (χ3n) is 1.74. The highest BCUT2D eigenvalue weighted by Crippen LogP contribution is 2.22. The van der Waals surface area contributed by atoms with Gasteiger partial charge in [-0.2, -0.15) is 5.10 Å². The minimum atomic E-state index is -1.05. The first kappa shape index (κ1) is 10.6. The second-order valence-electron chi connectivity index (χ2n) is 3.96. The maximum absolute atomic E-state index is 10.7. The number of hydrogen-bond donors (Lipinski definition) is 1. The molecular weight excluding hydrogens is 184 g/mol. The summed E-state index contributed by atoms with van der Waals surface area (Å²) in [5, 5.41) is 12.7. The Morgan fingerprint density at radius 2 is 2.14 bits per heavy atom. The van der Waals surface area contributed by atoms with Crippen molar-refractivity contribution in [3.63, 3.8) is 0 Å². The summed E-state index contributed by atoms with van der Waals surface area (Å²) < 4.78 is 6.59. The van der Waals surface area contributed by atoms with Gasteiger partial charge in [0.25, 0.3) is 0 Å². The SMILES string of the molecule is COc1cc(C(=O)O)nn1C(C)(C)C. The van der Waals surface area contributed by atoms with Gasteiger partial charge in [0.15, 0.2) is 5.69 Å². The first-order valence-electron chi connectivity index (χ1n) is 4.24. The van der Waals surface area contributed by atoms with E-state index in [-0.39, 0.29) is 11.2 Å². The maximum Gasteiger partial charge on any atom is 0.356 e. The highest BCUT2D eigenvalue weighted by atomic mass is 16.5. The van der Waals surface area contributed by atoms with Crippen LogP contribution in [0.1, 0.15) is 31.3 Å². The summed E-state index contributed by atoms with van der Waals surface area (Å²) in [7, 11) is 1.49. The number of nitrogens with zero attached hydrogens (tertiary/aromatic N) is 2. The lowest BCUT2D eigenvalue weighted by Gasteiger charge is -2.20. The van der Waals surface area contributed by atoms with Crippen LogP contribution in [0.25, 0.3) is 0 Å². The molecule has 0 aliphatic heterocycles. The number of hydrogen-bond acceptors (Lipinski definition) is 3. The van der Waals surface area contributed by atoms with E-state index in [1.54, 1.807) is 4.68 Å². The molecule has 0 radical (unpaired) electrons. The molecule has 0 unspecified atom stereocenters. The molecule has 1 rings (SSSR count). The van der Waals surface area contributed by atoms with E-state index in [1.165, 1.54) is 13.2 Å². The van der Waals surface area contributed by atoms with Crippen LogP contribution < -0.4 is 4.74 Å². The lowest BCUT2D eigenvalue weighted by molar-refractivity contribution is 0.0688. The van der Waals surface area contributed by atoms with E-state index in [4.69, 9.17) is 9.84 Å². The Labute approximate surface area is 82.3 Å². The van der Waals surface area contributed by atoms with Gasteiger partial charge < -0.3 is 9.84 Å². The van der Waals surface area contributed by atoms with E-state index < -0.39 is 5.97 Å². The normalized spacial score (nSPS) is 11.4. The van der Waals surface area contributed by atoms with Gasteiger partial charge >= 0.3 is 5.97 Å². The van der Waals surface area contributed by atoms with Gasteiger partial charge in [-0.15, -0.1) is 0 Å². The van der Waals surface area contributed by atoms with Crippen molar-refractivity contribution >= 4 is 5.97 Å². The zero-order valence-electron chi connectivity index (χ0n) is 8.74. The molecule has 0 aliphatic rings. The van der Waals surface area contributed by atoms with Gasteiger partial charge in [0, 0.05) is 6.07 Å². The molecule has 5 nitrogen and oxygen atoms in total. The van der Waals surface area contributed by atoms with E-state index in [9.17, 15) is 4.79 Å². The van der Waals surface area contributed by atoms with E-state index in [2.05, 4.69) is 5.10 Å². The van der Waals surface area contributed by atoms with Gasteiger partial charge in [-0.25, -0.2) is 9.48 Å². The van der Waals surface area contributed by atoms with Crippen LogP contribution in [0.2, 0.25) is 0 Å². The van der Waals surface area contributed by atoms with Crippen molar-refractivity contribution in [2.24, 2.45) is 0 Å². The van der Waals surface area contributed by atoms with Gasteiger partial charge in [-0.05, 0) is 20.8 Å². The van der Waals surface area contributed by atoms with Crippen molar-refractivity contribution in [2.45, 2.75) is 26.3 Å². The van der Waals surface area contributed by atoms with Gasteiger partial charge in [0.05, 0.1) is 12.6 Å². The number of methoxy groups -OCH3 is 1. The number of carboxylic acids is 1. The lowest BCUT2D eigenvalue weighted by atomic mass is 10.1. The third-order valence-corrected chi connectivity index (χ3v) is 1.74. The van der Waals surface area contributed by atoms with Crippen molar-refractivity contribution < 1.29 is 14.6 Å². The fourth-order valence-electron chi connectivity index (χ4n) is 1.09. The molecule has 0 atom stereocenters. The molecule has 1 N–H and O–H groups in total. The first-order chi connectivity index (χ1) is 6.36. The fraction of sp³-hybridized carbons (Fsp3) is 0.556. The molecule has 0 aromatic carbocycles. The summed E-state index contributed by atoms with van der Waals surface area (Å²) in [6, 6.07) is 1.41. The molecule has 0 spiro atoms. The Morgan fingerprint density at radius 3 is 2.43 bits per heavy atom. The molecule has 0 fully saturated rings. The van der Waals surface area contributed by atoms with Crippen molar-refractivity contribution in [1.29, 1.82) is 0 Å². The Hall–Kier alpha value is -1.52. The molecule has 0 saturated heterocycles. The van der Waals surface area contributed by atoms with Crippen molar-refractivity contribution in [3.8, 4) is 5.88 Å². The van der Waals surface area contributed by atoms with Gasteiger partial charge in [-0.3, -0.25) is 0 Å². The molecule has 14 heavy (non-hydrogen) atoms. The second kappa shape index (κ2) is 3.32. The second-order valence-corrected chi connectivity index (χ2v) is 3.96. The average Bonchev–Trinajstić information content (AvgIpc) is 2.46. The van der Waals surface area contributed by atoms with Gasteiger partial charge in [0.1, 0.15) is 0 Å². The fourth-order valence-corrected chi connectivity index (χ4v) is 1.09. The Kier molecular flexibility index (Phi) is 2.51. The average molecular weight is 198 g/mol. The molecule has 0 bridgehead atoms. The summed E-state index contributed by atoms with van der Waals surface area (Å²) in [4.78, 5) is 10.7. The van der Waals surface area contributed by atoms with E-state index in [1.807, 2.05) is 20.8 Å². The summed E-state index contributed by atoms with van der Waals surface area (Å²) >= 11 is 0. The van der Waals surface area contributed by atoms with Gasteiger partial charge in [-0.1, -0.05) is 0 Å². The van der Waals surface area contributed by atoms with E-state index in [0.717, 1.165) is 0 Å². The Morgan fingerprint density at radius 1 is 1.57 bits per heavy atom. The van der Waals surface area contributed by atoms with Crippen molar-refractivity contribution in [1.82, 2.24) is 9.78 Å². The number of carboxylic acid groups (broad SMARTS) is 1. The summed E-state index contributed by atoms with van der Waals surface area (Å²) in [6.07, 6.45) is 0. The summed E-state index contributed by atoms with van der Waals surface area (Å²) in [5.41, 5.74) is -0.296. The number of ether oxygens (including phenoxy) is 1. The number of aromatic nitrogens is 2. The predicted octanol–water partition coefficient (Wildman–Crippen LogP) is 1.34. The largest absolute Gasteiger partial charge is 0.481 e. The van der Waals surface area contributed by atoms with Crippen molar-refractivity contribution in [2.75, 3.05) is 7.11 Å². The topological polar surface area (TPSA) is 64.3 Å². The third kappa shape index (κ3) is 1.86. The predicted molar refractivity (Wildman–Crippen MR) is 50.7 cm³/mol. The monoisotopic (exact) mass is 198 g/mol. The quantitative estimate of drug-likeness (QED) is 0.778. The zero-order valence-corrected chi connectivity index (χ0v) is 8.74. The van der Waals surface area contributed by atoms with E-state index in [0.29, 0.717) is 5.88 Å². The molecule has 5 heteroatoms. The maximum atomic E-state index is 10.7. The minimum Gasteiger partial charge on any atom is -0.481 e. The minimum absolute atomic E-state index is 0.00299. The number of aromatic carboxylic acids is 1. The Balaban J connectivity index is 3.22. The molecule has 1 aromatic heterocycles. The highest BCUT2D eigenvalue weighted by molar-refractivity contribution is 5.85. The van der Waals surface area contributed by atoms with E-state index >= 15 is 0 Å². The number of carbonyl (C=O) groups is 1. The molecule has 78 valence electrons. The van der Waals surface area contributed by atoms with Crippen LogP contribution in [0, 0.1) is 0 Å².